The molecule has 1 saturated heterocycles. The molecule has 0 spiro atoms. The Labute approximate surface area is 72.5 Å². The van der Waals surface area contributed by atoms with E-state index in [0.29, 0.717) is 26.1 Å². The van der Waals surface area contributed by atoms with Gasteiger partial charge in [0, 0.05) is 13.1 Å². The van der Waals surface area contributed by atoms with Crippen LogP contribution in [0.1, 0.15) is 6.42 Å². The van der Waals surface area contributed by atoms with E-state index in [1.165, 1.54) is 0 Å². The topological polar surface area (TPSA) is 37.4 Å². The van der Waals surface area contributed by atoms with E-state index < -0.39 is 9.84 Å². The van der Waals surface area contributed by atoms with Crippen molar-refractivity contribution in [3.63, 3.8) is 0 Å². The summed E-state index contributed by atoms with van der Waals surface area (Å²) in [7, 11) is -2.83. The van der Waals surface area contributed by atoms with Gasteiger partial charge in [0.25, 0.3) is 0 Å². The summed E-state index contributed by atoms with van der Waals surface area (Å²) in [5, 5.41) is 0. The molecule has 0 radical (unpaired) electrons. The average molecular weight is 195 g/mol. The van der Waals surface area contributed by atoms with Crippen molar-refractivity contribution in [2.24, 2.45) is 0 Å². The van der Waals surface area contributed by atoms with E-state index in [4.69, 9.17) is 0 Å². The molecule has 1 aliphatic rings. The van der Waals surface area contributed by atoms with Crippen LogP contribution in [0.4, 0.5) is 4.39 Å². The predicted molar refractivity (Wildman–Crippen MR) is 45.7 cm³/mol. The average Bonchev–Trinajstić information content (AvgIpc) is 2.14. The van der Waals surface area contributed by atoms with Crippen LogP contribution in [0, 0.1) is 0 Å². The summed E-state index contributed by atoms with van der Waals surface area (Å²) in [6.45, 7) is 1.19. The third-order valence-electron chi connectivity index (χ3n) is 2.05. The summed E-state index contributed by atoms with van der Waals surface area (Å²) in [4.78, 5) is 1.87. The molecule has 3 nitrogen and oxygen atoms in total. The largest absolute Gasteiger partial charge is 0.300 e. The molecular formula is C7H14FNO2S. The van der Waals surface area contributed by atoms with Gasteiger partial charge in [-0.1, -0.05) is 0 Å². The molecule has 1 rings (SSSR count). The summed E-state index contributed by atoms with van der Waals surface area (Å²) in [6.07, 6.45) is 0.641. The molecular weight excluding hydrogens is 181 g/mol. The Morgan fingerprint density at radius 2 is 2.00 bits per heavy atom. The summed E-state index contributed by atoms with van der Waals surface area (Å²) < 4.78 is 34.1. The van der Waals surface area contributed by atoms with Gasteiger partial charge in [-0.2, -0.15) is 0 Å². The van der Waals surface area contributed by atoms with Crippen LogP contribution >= 0.6 is 0 Å². The fraction of sp³-hybridized carbons (Fsp3) is 1.00. The van der Waals surface area contributed by atoms with E-state index in [1.807, 2.05) is 4.90 Å². The normalized spacial score (nSPS) is 25.1. The SMILES string of the molecule is O=S1(=O)CCCN(CCF)CC1. The fourth-order valence-corrected chi connectivity index (χ4v) is 2.64. The third-order valence-corrected chi connectivity index (χ3v) is 3.76. The van der Waals surface area contributed by atoms with Crippen molar-refractivity contribution in [2.45, 2.75) is 6.42 Å². The molecule has 0 atom stereocenters. The van der Waals surface area contributed by atoms with Gasteiger partial charge in [-0.15, -0.1) is 0 Å². The van der Waals surface area contributed by atoms with Gasteiger partial charge >= 0.3 is 0 Å². The number of nitrogens with zero attached hydrogens (tertiary/aromatic N) is 1. The van der Waals surface area contributed by atoms with E-state index >= 15 is 0 Å². The van der Waals surface area contributed by atoms with Gasteiger partial charge in [-0.25, -0.2) is 12.8 Å². The standard InChI is InChI=1S/C7H14FNO2S/c8-2-4-9-3-1-6-12(10,11)7-5-9/h1-7H2. The quantitative estimate of drug-likeness (QED) is 0.626. The molecule has 0 aromatic heterocycles. The molecule has 0 saturated carbocycles. The van der Waals surface area contributed by atoms with E-state index in [-0.39, 0.29) is 18.2 Å². The zero-order chi connectivity index (χ0) is 9.03. The Bertz CT molecular complexity index is 228. The van der Waals surface area contributed by atoms with E-state index in [2.05, 4.69) is 0 Å². The monoisotopic (exact) mass is 195 g/mol. The molecule has 0 aromatic rings. The summed E-state index contributed by atoms with van der Waals surface area (Å²) >= 11 is 0. The first-order chi connectivity index (χ1) is 5.64. The van der Waals surface area contributed by atoms with Crippen LogP contribution in [-0.2, 0) is 9.84 Å². The molecule has 0 unspecified atom stereocenters. The molecule has 1 aliphatic heterocycles. The minimum absolute atomic E-state index is 0.188. The Morgan fingerprint density at radius 3 is 2.67 bits per heavy atom. The van der Waals surface area contributed by atoms with Crippen molar-refractivity contribution in [3.05, 3.63) is 0 Å². The maximum atomic E-state index is 11.9. The lowest BCUT2D eigenvalue weighted by Gasteiger charge is -2.16. The fourth-order valence-electron chi connectivity index (χ4n) is 1.33. The molecule has 0 N–H and O–H groups in total. The van der Waals surface area contributed by atoms with Gasteiger partial charge in [0.15, 0.2) is 9.84 Å². The molecule has 12 heavy (non-hydrogen) atoms. The van der Waals surface area contributed by atoms with Crippen LogP contribution in [0.15, 0.2) is 0 Å². The van der Waals surface area contributed by atoms with Gasteiger partial charge in [-0.05, 0) is 13.0 Å². The minimum Gasteiger partial charge on any atom is -0.300 e. The molecule has 72 valence electrons. The molecule has 0 bridgehead atoms. The Hall–Kier alpha value is -0.160. The molecule has 5 heteroatoms. The van der Waals surface area contributed by atoms with Crippen molar-refractivity contribution < 1.29 is 12.8 Å². The lowest BCUT2D eigenvalue weighted by Crippen LogP contribution is -2.29. The lowest BCUT2D eigenvalue weighted by molar-refractivity contribution is 0.265. The second-order valence-electron chi connectivity index (χ2n) is 3.04. The molecule has 0 amide bonds. The molecule has 1 heterocycles. The number of halogens is 1. The third kappa shape index (κ3) is 3.06. The Morgan fingerprint density at radius 1 is 1.25 bits per heavy atom. The van der Waals surface area contributed by atoms with Crippen LogP contribution in [-0.4, -0.2) is 51.1 Å². The summed E-state index contributed by atoms with van der Waals surface area (Å²) in [5.41, 5.74) is 0. The number of sulfone groups is 1. The first kappa shape index (κ1) is 9.92. The highest BCUT2D eigenvalue weighted by molar-refractivity contribution is 7.91. The Balaban J connectivity index is 2.45. The zero-order valence-electron chi connectivity index (χ0n) is 7.00. The second kappa shape index (κ2) is 4.18. The van der Waals surface area contributed by atoms with Crippen molar-refractivity contribution in [2.75, 3.05) is 37.8 Å². The van der Waals surface area contributed by atoms with Gasteiger partial charge in [-0.3, -0.25) is 4.90 Å². The Kier molecular flexibility index (Phi) is 3.46. The van der Waals surface area contributed by atoms with Crippen molar-refractivity contribution in [1.29, 1.82) is 0 Å². The van der Waals surface area contributed by atoms with Crippen molar-refractivity contribution in [3.8, 4) is 0 Å². The minimum atomic E-state index is -2.83. The molecule has 1 fully saturated rings. The van der Waals surface area contributed by atoms with Crippen LogP contribution in [0.25, 0.3) is 0 Å². The van der Waals surface area contributed by atoms with Crippen LogP contribution in [0.2, 0.25) is 0 Å². The van der Waals surface area contributed by atoms with E-state index in [1.54, 1.807) is 0 Å². The van der Waals surface area contributed by atoms with Crippen LogP contribution in [0.5, 0.6) is 0 Å². The van der Waals surface area contributed by atoms with E-state index in [9.17, 15) is 12.8 Å². The highest BCUT2D eigenvalue weighted by Crippen LogP contribution is 2.04. The maximum absolute atomic E-state index is 11.9. The van der Waals surface area contributed by atoms with Gasteiger partial charge in [0.2, 0.25) is 0 Å². The smallest absolute Gasteiger partial charge is 0.151 e. The first-order valence-electron chi connectivity index (χ1n) is 4.13. The predicted octanol–water partition coefficient (Wildman–Crippen LogP) is 0.0764. The van der Waals surface area contributed by atoms with Gasteiger partial charge < -0.3 is 0 Å². The zero-order valence-corrected chi connectivity index (χ0v) is 7.82. The van der Waals surface area contributed by atoms with Crippen molar-refractivity contribution >= 4 is 9.84 Å². The highest BCUT2D eigenvalue weighted by atomic mass is 32.2. The molecule has 0 aromatic carbocycles. The number of hydrogen-bond donors (Lipinski definition) is 0. The van der Waals surface area contributed by atoms with E-state index in [0.717, 1.165) is 0 Å². The number of rotatable bonds is 2. The van der Waals surface area contributed by atoms with Gasteiger partial charge in [0.1, 0.15) is 6.67 Å². The molecule has 0 aliphatic carbocycles. The first-order valence-corrected chi connectivity index (χ1v) is 5.95. The van der Waals surface area contributed by atoms with Crippen molar-refractivity contribution in [1.82, 2.24) is 4.90 Å². The summed E-state index contributed by atoms with van der Waals surface area (Å²) in [6, 6.07) is 0. The second-order valence-corrected chi connectivity index (χ2v) is 5.34. The van der Waals surface area contributed by atoms with Crippen LogP contribution < -0.4 is 0 Å². The lowest BCUT2D eigenvalue weighted by atomic mass is 10.4. The summed E-state index contributed by atoms with van der Waals surface area (Å²) in [5.74, 6) is 0.447. The van der Waals surface area contributed by atoms with Gasteiger partial charge in [0.05, 0.1) is 11.5 Å². The maximum Gasteiger partial charge on any atom is 0.151 e. The van der Waals surface area contributed by atoms with Crippen LogP contribution in [0.3, 0.4) is 0 Å². The highest BCUT2D eigenvalue weighted by Gasteiger charge is 2.18. The number of hydrogen-bond acceptors (Lipinski definition) is 3. The number of alkyl halides is 1.